The van der Waals surface area contributed by atoms with Crippen molar-refractivity contribution in [1.29, 1.82) is 0 Å². The second kappa shape index (κ2) is 9.03. The van der Waals surface area contributed by atoms with Crippen molar-refractivity contribution >= 4 is 23.6 Å². The number of aliphatic carboxylic acids is 1. The number of carbonyl (C=O) groups excluding carboxylic acids is 2. The highest BCUT2D eigenvalue weighted by Gasteiger charge is 2.28. The molecule has 146 valence electrons. The average molecular weight is 381 g/mol. The third-order valence-corrected chi connectivity index (χ3v) is 4.75. The Morgan fingerprint density at radius 1 is 1.04 bits per heavy atom. The minimum Gasteiger partial charge on any atom is -0.481 e. The van der Waals surface area contributed by atoms with E-state index in [4.69, 9.17) is 5.11 Å². The fourth-order valence-corrected chi connectivity index (χ4v) is 3.15. The number of hydrogen-bond donors (Lipinski definition) is 3. The molecule has 28 heavy (non-hydrogen) atoms. The number of carbonyl (C=O) groups is 3. The van der Waals surface area contributed by atoms with Crippen LogP contribution in [-0.4, -0.2) is 41.0 Å². The number of anilines is 1. The largest absolute Gasteiger partial charge is 0.481 e. The normalized spacial score (nSPS) is 16.3. The number of amides is 3. The molecule has 1 saturated heterocycles. The SMILES string of the molecule is O=C(NCc1ccccc1)c1ccc(NC(=O)N2CCCC(C(=O)O)C2)cc1. The lowest BCUT2D eigenvalue weighted by Gasteiger charge is -2.30. The molecule has 0 spiro atoms. The zero-order chi connectivity index (χ0) is 19.9. The van der Waals surface area contributed by atoms with Gasteiger partial charge in [-0.05, 0) is 42.7 Å². The Bertz CT molecular complexity index is 836. The van der Waals surface area contributed by atoms with E-state index >= 15 is 0 Å². The monoisotopic (exact) mass is 381 g/mol. The van der Waals surface area contributed by atoms with Crippen molar-refractivity contribution in [3.8, 4) is 0 Å². The minimum atomic E-state index is -0.872. The van der Waals surface area contributed by atoms with Crippen LogP contribution < -0.4 is 10.6 Å². The van der Waals surface area contributed by atoms with Gasteiger partial charge in [-0.2, -0.15) is 0 Å². The van der Waals surface area contributed by atoms with Crippen LogP contribution in [0.5, 0.6) is 0 Å². The number of benzene rings is 2. The van der Waals surface area contributed by atoms with Crippen LogP contribution in [0, 0.1) is 5.92 Å². The Hall–Kier alpha value is -3.35. The number of rotatable bonds is 5. The smallest absolute Gasteiger partial charge is 0.321 e. The molecule has 0 bridgehead atoms. The molecule has 0 aromatic heterocycles. The van der Waals surface area contributed by atoms with Crippen LogP contribution in [0.3, 0.4) is 0 Å². The molecular formula is C21H23N3O4. The summed E-state index contributed by atoms with van der Waals surface area (Å²) in [6, 6.07) is 15.9. The van der Waals surface area contributed by atoms with Gasteiger partial charge in [-0.3, -0.25) is 9.59 Å². The minimum absolute atomic E-state index is 0.193. The fraction of sp³-hybridized carbons (Fsp3) is 0.286. The van der Waals surface area contributed by atoms with E-state index < -0.39 is 11.9 Å². The van der Waals surface area contributed by atoms with E-state index in [0.717, 1.165) is 5.56 Å². The highest BCUT2D eigenvalue weighted by atomic mass is 16.4. The summed E-state index contributed by atoms with van der Waals surface area (Å²) in [6.07, 6.45) is 1.26. The highest BCUT2D eigenvalue weighted by molar-refractivity contribution is 5.95. The Balaban J connectivity index is 1.53. The van der Waals surface area contributed by atoms with Crippen LogP contribution in [0.4, 0.5) is 10.5 Å². The lowest BCUT2D eigenvalue weighted by molar-refractivity contribution is -0.143. The highest BCUT2D eigenvalue weighted by Crippen LogP contribution is 2.18. The molecule has 3 amide bonds. The lowest BCUT2D eigenvalue weighted by Crippen LogP contribution is -2.44. The van der Waals surface area contributed by atoms with Gasteiger partial charge in [0.05, 0.1) is 5.92 Å². The van der Waals surface area contributed by atoms with Crippen LogP contribution in [0.1, 0.15) is 28.8 Å². The van der Waals surface area contributed by atoms with Crippen molar-refractivity contribution in [2.75, 3.05) is 18.4 Å². The van der Waals surface area contributed by atoms with E-state index in [1.807, 2.05) is 30.3 Å². The zero-order valence-electron chi connectivity index (χ0n) is 15.4. The van der Waals surface area contributed by atoms with Gasteiger partial charge >= 0.3 is 12.0 Å². The molecule has 2 aromatic carbocycles. The molecular weight excluding hydrogens is 358 g/mol. The molecule has 3 rings (SSSR count). The first kappa shape index (κ1) is 19.4. The van der Waals surface area contributed by atoms with Gasteiger partial charge in [0.25, 0.3) is 5.91 Å². The molecule has 1 unspecified atom stereocenters. The summed E-state index contributed by atoms with van der Waals surface area (Å²) in [5.74, 6) is -1.58. The van der Waals surface area contributed by atoms with Gasteiger partial charge in [-0.15, -0.1) is 0 Å². The molecule has 7 heteroatoms. The van der Waals surface area contributed by atoms with E-state index in [0.29, 0.717) is 37.2 Å². The molecule has 1 aliphatic heterocycles. The first-order valence-corrected chi connectivity index (χ1v) is 9.24. The summed E-state index contributed by atoms with van der Waals surface area (Å²) in [6.45, 7) is 1.19. The lowest BCUT2D eigenvalue weighted by atomic mass is 9.99. The van der Waals surface area contributed by atoms with Crippen LogP contribution in [-0.2, 0) is 11.3 Å². The molecule has 1 fully saturated rings. The number of hydrogen-bond acceptors (Lipinski definition) is 3. The maximum absolute atomic E-state index is 12.4. The van der Waals surface area contributed by atoms with Crippen LogP contribution in [0.25, 0.3) is 0 Å². The van der Waals surface area contributed by atoms with Gasteiger partial charge in [0.15, 0.2) is 0 Å². The van der Waals surface area contributed by atoms with Gasteiger partial charge < -0.3 is 20.6 Å². The summed E-state index contributed by atoms with van der Waals surface area (Å²) < 4.78 is 0. The summed E-state index contributed by atoms with van der Waals surface area (Å²) in [5.41, 5.74) is 2.07. The van der Waals surface area contributed by atoms with E-state index in [9.17, 15) is 14.4 Å². The Morgan fingerprint density at radius 3 is 2.43 bits per heavy atom. The Kier molecular flexibility index (Phi) is 6.26. The third kappa shape index (κ3) is 5.09. The predicted octanol–water partition coefficient (Wildman–Crippen LogP) is 2.95. The van der Waals surface area contributed by atoms with Gasteiger partial charge in [-0.25, -0.2) is 4.79 Å². The molecule has 0 aliphatic carbocycles. The topological polar surface area (TPSA) is 98.7 Å². The van der Waals surface area contributed by atoms with Crippen LogP contribution in [0.15, 0.2) is 54.6 Å². The third-order valence-electron chi connectivity index (χ3n) is 4.75. The van der Waals surface area contributed by atoms with E-state index in [1.54, 1.807) is 24.3 Å². The van der Waals surface area contributed by atoms with Crippen LogP contribution >= 0.6 is 0 Å². The number of carboxylic acid groups (broad SMARTS) is 1. The first-order valence-electron chi connectivity index (χ1n) is 9.24. The van der Waals surface area contributed by atoms with Crippen LogP contribution in [0.2, 0.25) is 0 Å². The quantitative estimate of drug-likeness (QED) is 0.741. The maximum atomic E-state index is 12.4. The molecule has 2 aromatic rings. The van der Waals surface area contributed by atoms with E-state index in [-0.39, 0.29) is 18.5 Å². The van der Waals surface area contributed by atoms with Gasteiger partial charge in [0, 0.05) is 30.9 Å². The fourth-order valence-electron chi connectivity index (χ4n) is 3.15. The summed E-state index contributed by atoms with van der Waals surface area (Å²) in [5, 5.41) is 14.7. The van der Waals surface area contributed by atoms with Crippen molar-refractivity contribution in [3.63, 3.8) is 0 Å². The maximum Gasteiger partial charge on any atom is 0.321 e. The van der Waals surface area contributed by atoms with Gasteiger partial charge in [0.2, 0.25) is 0 Å². The zero-order valence-corrected chi connectivity index (χ0v) is 15.4. The predicted molar refractivity (Wildman–Crippen MR) is 105 cm³/mol. The Labute approximate surface area is 163 Å². The standard InChI is InChI=1S/C21H23N3O4/c25-19(22-13-15-5-2-1-3-6-15)16-8-10-18(11-9-16)23-21(28)24-12-4-7-17(14-24)20(26)27/h1-3,5-6,8-11,17H,4,7,12-14H2,(H,22,25)(H,23,28)(H,26,27). The molecule has 7 nitrogen and oxygen atoms in total. The van der Waals surface area contributed by atoms with Crippen molar-refractivity contribution in [2.24, 2.45) is 5.92 Å². The van der Waals surface area contributed by atoms with Crippen molar-refractivity contribution in [2.45, 2.75) is 19.4 Å². The summed E-state index contributed by atoms with van der Waals surface area (Å²) in [7, 11) is 0. The second-order valence-electron chi connectivity index (χ2n) is 6.80. The second-order valence-corrected chi connectivity index (χ2v) is 6.80. The summed E-state index contributed by atoms with van der Waals surface area (Å²) >= 11 is 0. The number of nitrogens with one attached hydrogen (secondary N) is 2. The van der Waals surface area contributed by atoms with E-state index in [1.165, 1.54) is 4.90 Å². The van der Waals surface area contributed by atoms with Crippen molar-refractivity contribution < 1.29 is 19.5 Å². The van der Waals surface area contributed by atoms with E-state index in [2.05, 4.69) is 10.6 Å². The number of urea groups is 1. The molecule has 3 N–H and O–H groups in total. The molecule has 0 radical (unpaired) electrons. The van der Waals surface area contributed by atoms with Gasteiger partial charge in [-0.1, -0.05) is 30.3 Å². The van der Waals surface area contributed by atoms with Crippen molar-refractivity contribution in [1.82, 2.24) is 10.2 Å². The number of piperidine rings is 1. The molecule has 0 saturated carbocycles. The Morgan fingerprint density at radius 2 is 1.75 bits per heavy atom. The summed E-state index contributed by atoms with van der Waals surface area (Å²) in [4.78, 5) is 37.2. The van der Waals surface area contributed by atoms with Crippen molar-refractivity contribution in [3.05, 3.63) is 65.7 Å². The average Bonchev–Trinajstić information content (AvgIpc) is 2.73. The first-order chi connectivity index (χ1) is 13.5. The molecule has 1 heterocycles. The van der Waals surface area contributed by atoms with Gasteiger partial charge in [0.1, 0.15) is 0 Å². The number of nitrogens with zero attached hydrogens (tertiary/aromatic N) is 1. The number of carboxylic acids is 1. The molecule has 1 aliphatic rings. The number of likely N-dealkylation sites (tertiary alicyclic amines) is 1. The molecule has 1 atom stereocenters.